The Kier molecular flexibility index (Phi) is 5.78. The van der Waals surface area contributed by atoms with Gasteiger partial charge < -0.3 is 5.11 Å². The van der Waals surface area contributed by atoms with Crippen LogP contribution in [0, 0.1) is 0 Å². The van der Waals surface area contributed by atoms with Crippen molar-refractivity contribution in [3.8, 4) is 0 Å². The van der Waals surface area contributed by atoms with Crippen molar-refractivity contribution in [3.05, 3.63) is 17.0 Å². The lowest BCUT2D eigenvalue weighted by molar-refractivity contribution is 0.258. The summed E-state index contributed by atoms with van der Waals surface area (Å²) in [5.41, 5.74) is 0. The van der Waals surface area contributed by atoms with Crippen LogP contribution in [0.5, 0.6) is 0 Å². The van der Waals surface area contributed by atoms with E-state index in [1.807, 2.05) is 26.8 Å². The topological polar surface area (TPSA) is 57.6 Å². The highest BCUT2D eigenvalue weighted by Gasteiger charge is 2.27. The standard InChI is InChI=1S/C12H21NO3S2/c1-4-11-6-7-12(17-11)18(15,16)13(10(2)3)8-5-9-14/h6-7,10,14H,4-5,8-9H2,1-3H3. The summed E-state index contributed by atoms with van der Waals surface area (Å²) < 4.78 is 26.8. The summed E-state index contributed by atoms with van der Waals surface area (Å²) in [5.74, 6) is 0. The predicted molar refractivity (Wildman–Crippen MR) is 74.4 cm³/mol. The Morgan fingerprint density at radius 1 is 1.39 bits per heavy atom. The van der Waals surface area contributed by atoms with E-state index in [0.29, 0.717) is 17.2 Å². The second-order valence-electron chi connectivity index (χ2n) is 4.36. The summed E-state index contributed by atoms with van der Waals surface area (Å²) in [6, 6.07) is 3.43. The molecule has 0 fully saturated rings. The summed E-state index contributed by atoms with van der Waals surface area (Å²) in [6.07, 6.45) is 1.31. The smallest absolute Gasteiger partial charge is 0.252 e. The van der Waals surface area contributed by atoms with E-state index >= 15 is 0 Å². The maximum Gasteiger partial charge on any atom is 0.252 e. The maximum atomic E-state index is 12.5. The molecule has 0 aromatic carbocycles. The van der Waals surface area contributed by atoms with Crippen LogP contribution in [0.4, 0.5) is 0 Å². The summed E-state index contributed by atoms with van der Waals surface area (Å²) >= 11 is 1.33. The molecule has 0 aliphatic rings. The van der Waals surface area contributed by atoms with Crippen molar-refractivity contribution in [2.24, 2.45) is 0 Å². The Bertz CT molecular complexity index is 465. The van der Waals surface area contributed by atoms with Crippen LogP contribution in [0.15, 0.2) is 16.3 Å². The minimum atomic E-state index is -3.42. The van der Waals surface area contributed by atoms with Crippen molar-refractivity contribution in [1.82, 2.24) is 4.31 Å². The van der Waals surface area contributed by atoms with Gasteiger partial charge >= 0.3 is 0 Å². The number of nitrogens with zero attached hydrogens (tertiary/aromatic N) is 1. The molecule has 1 aromatic rings. The van der Waals surface area contributed by atoms with Crippen LogP contribution in [0.25, 0.3) is 0 Å². The molecule has 0 aliphatic carbocycles. The van der Waals surface area contributed by atoms with Gasteiger partial charge in [0.1, 0.15) is 4.21 Å². The van der Waals surface area contributed by atoms with Crippen molar-refractivity contribution in [3.63, 3.8) is 0 Å². The first-order valence-corrected chi connectivity index (χ1v) is 8.40. The fraction of sp³-hybridized carbons (Fsp3) is 0.667. The molecule has 0 spiro atoms. The molecule has 6 heteroatoms. The molecule has 1 heterocycles. The summed E-state index contributed by atoms with van der Waals surface area (Å²) in [4.78, 5) is 1.07. The minimum Gasteiger partial charge on any atom is -0.396 e. The number of rotatable bonds is 7. The average Bonchev–Trinajstić information content (AvgIpc) is 2.77. The predicted octanol–water partition coefficient (Wildman–Crippen LogP) is 2.09. The molecular weight excluding hydrogens is 270 g/mol. The Morgan fingerprint density at radius 3 is 2.50 bits per heavy atom. The second kappa shape index (κ2) is 6.65. The molecule has 0 aliphatic heterocycles. The van der Waals surface area contributed by atoms with E-state index in [0.717, 1.165) is 11.3 Å². The van der Waals surface area contributed by atoms with Gasteiger partial charge in [0.2, 0.25) is 0 Å². The molecule has 1 N–H and O–H groups in total. The van der Waals surface area contributed by atoms with E-state index in [9.17, 15) is 8.42 Å². The van der Waals surface area contributed by atoms with Gasteiger partial charge in [-0.05, 0) is 38.8 Å². The van der Waals surface area contributed by atoms with E-state index in [4.69, 9.17) is 5.11 Å². The zero-order valence-corrected chi connectivity index (χ0v) is 12.7. The Labute approximate surface area is 113 Å². The van der Waals surface area contributed by atoms with Gasteiger partial charge in [-0.1, -0.05) is 6.92 Å². The summed E-state index contributed by atoms with van der Waals surface area (Å²) in [6.45, 7) is 6.07. The van der Waals surface area contributed by atoms with Crippen molar-refractivity contribution in [2.45, 2.75) is 43.9 Å². The maximum absolute atomic E-state index is 12.5. The molecular formula is C12H21NO3S2. The number of hydrogen-bond donors (Lipinski definition) is 1. The van der Waals surface area contributed by atoms with Gasteiger partial charge in [0, 0.05) is 24.1 Å². The molecule has 0 saturated carbocycles. The van der Waals surface area contributed by atoms with Crippen LogP contribution in [-0.4, -0.2) is 37.0 Å². The molecule has 104 valence electrons. The zero-order valence-electron chi connectivity index (χ0n) is 11.1. The quantitative estimate of drug-likeness (QED) is 0.837. The lowest BCUT2D eigenvalue weighted by atomic mass is 10.3. The molecule has 0 atom stereocenters. The van der Waals surface area contributed by atoms with Gasteiger partial charge in [0.25, 0.3) is 10.0 Å². The van der Waals surface area contributed by atoms with Crippen LogP contribution in [0.2, 0.25) is 0 Å². The van der Waals surface area contributed by atoms with E-state index in [2.05, 4.69) is 0 Å². The number of thiophene rings is 1. The number of hydrogen-bond acceptors (Lipinski definition) is 4. The van der Waals surface area contributed by atoms with Gasteiger partial charge in [0.05, 0.1) is 0 Å². The molecule has 18 heavy (non-hydrogen) atoms. The number of aliphatic hydroxyl groups excluding tert-OH is 1. The van der Waals surface area contributed by atoms with Crippen molar-refractivity contribution in [2.75, 3.05) is 13.2 Å². The van der Waals surface area contributed by atoms with E-state index in [1.54, 1.807) is 6.07 Å². The summed E-state index contributed by atoms with van der Waals surface area (Å²) in [5, 5.41) is 8.86. The molecule has 1 aromatic heterocycles. The molecule has 0 unspecified atom stereocenters. The summed E-state index contributed by atoms with van der Waals surface area (Å²) in [7, 11) is -3.42. The van der Waals surface area contributed by atoms with Gasteiger partial charge in [-0.2, -0.15) is 4.31 Å². The van der Waals surface area contributed by atoms with Crippen molar-refractivity contribution in [1.29, 1.82) is 0 Å². The van der Waals surface area contributed by atoms with Gasteiger partial charge in [-0.25, -0.2) is 8.42 Å². The van der Waals surface area contributed by atoms with Crippen LogP contribution >= 0.6 is 11.3 Å². The highest BCUT2D eigenvalue weighted by molar-refractivity contribution is 7.91. The fourth-order valence-electron chi connectivity index (χ4n) is 1.68. The Hall–Kier alpha value is -0.430. The molecule has 4 nitrogen and oxygen atoms in total. The van der Waals surface area contributed by atoms with E-state index < -0.39 is 10.0 Å². The number of sulfonamides is 1. The SMILES string of the molecule is CCc1ccc(S(=O)(=O)N(CCCO)C(C)C)s1. The zero-order chi connectivity index (χ0) is 13.8. The van der Waals surface area contributed by atoms with Crippen LogP contribution < -0.4 is 0 Å². The normalized spacial score (nSPS) is 12.6. The van der Waals surface area contributed by atoms with E-state index in [1.165, 1.54) is 15.6 Å². The van der Waals surface area contributed by atoms with Crippen molar-refractivity contribution < 1.29 is 13.5 Å². The molecule has 1 rings (SSSR count). The molecule has 0 radical (unpaired) electrons. The van der Waals surface area contributed by atoms with Gasteiger partial charge in [0.15, 0.2) is 0 Å². The first kappa shape index (κ1) is 15.6. The third-order valence-corrected chi connectivity index (χ3v) is 6.43. The average molecular weight is 291 g/mol. The fourth-order valence-corrected chi connectivity index (χ4v) is 4.79. The van der Waals surface area contributed by atoms with Gasteiger partial charge in [-0.15, -0.1) is 11.3 Å². The van der Waals surface area contributed by atoms with Gasteiger partial charge in [-0.3, -0.25) is 0 Å². The Balaban J connectivity index is 3.00. The Morgan fingerprint density at radius 2 is 2.06 bits per heavy atom. The highest BCUT2D eigenvalue weighted by Crippen LogP contribution is 2.26. The van der Waals surface area contributed by atoms with Crippen molar-refractivity contribution >= 4 is 21.4 Å². The monoisotopic (exact) mass is 291 g/mol. The largest absolute Gasteiger partial charge is 0.396 e. The third-order valence-electron chi connectivity index (χ3n) is 2.66. The first-order chi connectivity index (χ1) is 8.43. The number of aryl methyl sites for hydroxylation is 1. The highest BCUT2D eigenvalue weighted by atomic mass is 32.2. The van der Waals surface area contributed by atoms with Crippen LogP contribution in [0.1, 0.15) is 32.1 Å². The first-order valence-electron chi connectivity index (χ1n) is 6.14. The molecule has 0 bridgehead atoms. The lowest BCUT2D eigenvalue weighted by Crippen LogP contribution is -2.37. The molecule has 0 amide bonds. The lowest BCUT2D eigenvalue weighted by Gasteiger charge is -2.24. The number of aliphatic hydroxyl groups is 1. The second-order valence-corrected chi connectivity index (χ2v) is 7.65. The van der Waals surface area contributed by atoms with Crippen LogP contribution in [-0.2, 0) is 16.4 Å². The van der Waals surface area contributed by atoms with Crippen LogP contribution in [0.3, 0.4) is 0 Å². The van der Waals surface area contributed by atoms with E-state index in [-0.39, 0.29) is 12.6 Å². The minimum absolute atomic E-state index is 0.00336. The molecule has 0 saturated heterocycles. The third kappa shape index (κ3) is 3.54.